The van der Waals surface area contributed by atoms with Crippen molar-refractivity contribution in [3.8, 4) is 0 Å². The summed E-state index contributed by atoms with van der Waals surface area (Å²) in [7, 11) is 7.02. The molecule has 0 radical (unpaired) electrons. The standard InChI is InChI=1S/C10H20N2O3/c1-7(11(3)4)9(13)15-10(14)8(2)12(5)6/h7-8H,1-6H3. The highest BCUT2D eigenvalue weighted by Gasteiger charge is 2.24. The van der Waals surface area contributed by atoms with Crippen LogP contribution in [0.5, 0.6) is 0 Å². The van der Waals surface area contributed by atoms with Gasteiger partial charge in [-0.1, -0.05) is 0 Å². The van der Waals surface area contributed by atoms with E-state index in [1.807, 2.05) is 0 Å². The molecule has 0 amide bonds. The maximum Gasteiger partial charge on any atom is 0.330 e. The highest BCUT2D eigenvalue weighted by molar-refractivity contribution is 5.90. The molecule has 0 fully saturated rings. The van der Waals surface area contributed by atoms with Crippen LogP contribution >= 0.6 is 0 Å². The molecule has 88 valence electrons. The molecule has 0 rings (SSSR count). The molecule has 0 aromatic rings. The molecule has 0 saturated heterocycles. The normalized spacial score (nSPS) is 15.2. The summed E-state index contributed by atoms with van der Waals surface area (Å²) in [5.74, 6) is -1.03. The number of nitrogens with zero attached hydrogens (tertiary/aromatic N) is 2. The number of esters is 2. The number of carbonyl (C=O) groups excluding carboxylic acids is 2. The molecule has 0 aliphatic heterocycles. The topological polar surface area (TPSA) is 49.9 Å². The minimum absolute atomic E-state index is 0.414. The number of rotatable bonds is 4. The van der Waals surface area contributed by atoms with E-state index >= 15 is 0 Å². The lowest BCUT2D eigenvalue weighted by atomic mass is 10.3. The fraction of sp³-hybridized carbons (Fsp3) is 0.800. The van der Waals surface area contributed by atoms with Crippen molar-refractivity contribution in [2.45, 2.75) is 25.9 Å². The van der Waals surface area contributed by atoms with Crippen molar-refractivity contribution in [2.24, 2.45) is 0 Å². The van der Waals surface area contributed by atoms with Gasteiger partial charge in [0.05, 0.1) is 0 Å². The van der Waals surface area contributed by atoms with Crippen molar-refractivity contribution in [2.75, 3.05) is 28.2 Å². The second-order valence-corrected chi connectivity index (χ2v) is 4.02. The molecule has 0 aromatic carbocycles. The highest BCUT2D eigenvalue weighted by atomic mass is 16.6. The Kier molecular flexibility index (Phi) is 5.46. The van der Waals surface area contributed by atoms with Crippen molar-refractivity contribution in [3.63, 3.8) is 0 Å². The predicted molar refractivity (Wildman–Crippen MR) is 57.4 cm³/mol. The fourth-order valence-corrected chi connectivity index (χ4v) is 0.691. The smallest absolute Gasteiger partial charge is 0.330 e. The third kappa shape index (κ3) is 4.40. The van der Waals surface area contributed by atoms with Crippen LogP contribution in [-0.4, -0.2) is 62.0 Å². The molecule has 0 aliphatic carbocycles. The van der Waals surface area contributed by atoms with Gasteiger partial charge in [0.25, 0.3) is 0 Å². The van der Waals surface area contributed by atoms with Gasteiger partial charge in [-0.05, 0) is 42.0 Å². The van der Waals surface area contributed by atoms with Gasteiger partial charge in [-0.2, -0.15) is 0 Å². The van der Waals surface area contributed by atoms with Gasteiger partial charge in [0.2, 0.25) is 0 Å². The minimum atomic E-state index is -0.515. The van der Waals surface area contributed by atoms with Crippen LogP contribution < -0.4 is 0 Å². The zero-order valence-electron chi connectivity index (χ0n) is 10.3. The lowest BCUT2D eigenvalue weighted by Gasteiger charge is -2.21. The summed E-state index contributed by atoms with van der Waals surface area (Å²) < 4.78 is 4.74. The van der Waals surface area contributed by atoms with Gasteiger partial charge in [-0.15, -0.1) is 0 Å². The molecule has 0 heterocycles. The van der Waals surface area contributed by atoms with Gasteiger partial charge in [-0.3, -0.25) is 9.80 Å². The third-order valence-electron chi connectivity index (χ3n) is 2.43. The quantitative estimate of drug-likeness (QED) is 0.487. The molecule has 15 heavy (non-hydrogen) atoms. The van der Waals surface area contributed by atoms with Gasteiger partial charge in [0.15, 0.2) is 0 Å². The molecule has 5 nitrogen and oxygen atoms in total. The number of likely N-dealkylation sites (N-methyl/N-ethyl adjacent to an activating group) is 2. The molecule has 0 aliphatic rings. The summed E-state index contributed by atoms with van der Waals surface area (Å²) in [5.41, 5.74) is 0. The first kappa shape index (κ1) is 14.1. The summed E-state index contributed by atoms with van der Waals surface area (Å²) in [6, 6.07) is -0.827. The van der Waals surface area contributed by atoms with Crippen molar-refractivity contribution in [1.82, 2.24) is 9.80 Å². The van der Waals surface area contributed by atoms with Crippen LogP contribution in [0.3, 0.4) is 0 Å². The van der Waals surface area contributed by atoms with Gasteiger partial charge in [-0.25, -0.2) is 9.59 Å². The Bertz CT molecular complexity index is 215. The lowest BCUT2D eigenvalue weighted by molar-refractivity contribution is -0.165. The lowest BCUT2D eigenvalue weighted by Crippen LogP contribution is -2.40. The van der Waals surface area contributed by atoms with Crippen LogP contribution in [0.25, 0.3) is 0 Å². The first-order chi connectivity index (χ1) is 6.77. The maximum absolute atomic E-state index is 11.4. The summed E-state index contributed by atoms with van der Waals surface area (Å²) in [6.07, 6.45) is 0. The molecular weight excluding hydrogens is 196 g/mol. The Labute approximate surface area is 91.0 Å². The molecular formula is C10H20N2O3. The van der Waals surface area contributed by atoms with Crippen LogP contribution in [0.15, 0.2) is 0 Å². The van der Waals surface area contributed by atoms with Gasteiger partial charge in [0, 0.05) is 0 Å². The van der Waals surface area contributed by atoms with E-state index in [4.69, 9.17) is 4.74 Å². The minimum Gasteiger partial charge on any atom is -0.391 e. The Morgan fingerprint density at radius 1 is 0.867 bits per heavy atom. The average molecular weight is 216 g/mol. The van der Waals surface area contributed by atoms with E-state index in [1.165, 1.54) is 0 Å². The van der Waals surface area contributed by atoms with Crippen LogP contribution in [0.1, 0.15) is 13.8 Å². The SMILES string of the molecule is CC(C(=O)OC(=O)C(C)N(C)C)N(C)C. The molecule has 0 spiro atoms. The molecule has 0 aromatic heterocycles. The molecule has 2 atom stereocenters. The van der Waals surface area contributed by atoms with Crippen LogP contribution in [0.4, 0.5) is 0 Å². The number of hydrogen-bond acceptors (Lipinski definition) is 5. The molecule has 0 N–H and O–H groups in total. The second kappa shape index (κ2) is 5.82. The Balaban J connectivity index is 4.25. The van der Waals surface area contributed by atoms with E-state index in [-0.39, 0.29) is 0 Å². The van der Waals surface area contributed by atoms with Gasteiger partial charge in [0.1, 0.15) is 12.1 Å². The van der Waals surface area contributed by atoms with Gasteiger partial charge < -0.3 is 4.74 Å². The molecule has 0 saturated carbocycles. The van der Waals surface area contributed by atoms with Crippen molar-refractivity contribution in [1.29, 1.82) is 0 Å². The monoisotopic (exact) mass is 216 g/mol. The van der Waals surface area contributed by atoms with Crippen LogP contribution in [-0.2, 0) is 14.3 Å². The van der Waals surface area contributed by atoms with E-state index in [1.54, 1.807) is 51.8 Å². The number of carbonyl (C=O) groups is 2. The first-order valence-electron chi connectivity index (χ1n) is 4.85. The molecule has 2 unspecified atom stereocenters. The van der Waals surface area contributed by atoms with E-state index in [9.17, 15) is 9.59 Å². The maximum atomic E-state index is 11.4. The van der Waals surface area contributed by atoms with Crippen LogP contribution in [0, 0.1) is 0 Å². The summed E-state index contributed by atoms with van der Waals surface area (Å²) in [5, 5.41) is 0. The van der Waals surface area contributed by atoms with E-state index < -0.39 is 24.0 Å². The zero-order valence-corrected chi connectivity index (χ0v) is 10.3. The van der Waals surface area contributed by atoms with Gasteiger partial charge >= 0.3 is 11.9 Å². The van der Waals surface area contributed by atoms with E-state index in [0.29, 0.717) is 0 Å². The molecule has 5 heteroatoms. The van der Waals surface area contributed by atoms with Crippen LogP contribution in [0.2, 0.25) is 0 Å². The highest BCUT2D eigenvalue weighted by Crippen LogP contribution is 2.00. The Morgan fingerprint density at radius 2 is 1.13 bits per heavy atom. The second-order valence-electron chi connectivity index (χ2n) is 4.02. The molecule has 0 bridgehead atoms. The summed E-state index contributed by atoms with van der Waals surface area (Å²) >= 11 is 0. The van der Waals surface area contributed by atoms with Crippen molar-refractivity contribution in [3.05, 3.63) is 0 Å². The average Bonchev–Trinajstić information content (AvgIpc) is 2.14. The largest absolute Gasteiger partial charge is 0.391 e. The summed E-state index contributed by atoms with van der Waals surface area (Å²) in [4.78, 5) is 26.2. The number of hydrogen-bond donors (Lipinski definition) is 0. The van der Waals surface area contributed by atoms with Crippen molar-refractivity contribution < 1.29 is 14.3 Å². The first-order valence-corrected chi connectivity index (χ1v) is 4.85. The Hall–Kier alpha value is -0.940. The van der Waals surface area contributed by atoms with Crippen molar-refractivity contribution >= 4 is 11.9 Å². The third-order valence-corrected chi connectivity index (χ3v) is 2.43. The van der Waals surface area contributed by atoms with E-state index in [2.05, 4.69) is 0 Å². The number of ether oxygens (including phenoxy) is 1. The Morgan fingerprint density at radius 3 is 1.33 bits per heavy atom. The fourth-order valence-electron chi connectivity index (χ4n) is 0.691. The van der Waals surface area contributed by atoms with E-state index in [0.717, 1.165) is 0 Å². The zero-order chi connectivity index (χ0) is 12.2. The summed E-state index contributed by atoms with van der Waals surface area (Å²) in [6.45, 7) is 3.38. The predicted octanol–water partition coefficient (Wildman–Crippen LogP) is -0.0436.